The fourth-order valence-electron chi connectivity index (χ4n) is 3.59. The smallest absolute Gasteiger partial charge is 0.345 e. The molecule has 1 amide bonds. The molecule has 3 aromatic heterocycles. The topological polar surface area (TPSA) is 86.8 Å². The third-order valence-corrected chi connectivity index (χ3v) is 5.15. The number of pyridine rings is 1. The van der Waals surface area contributed by atoms with E-state index in [4.69, 9.17) is 11.6 Å². The number of nitrogens with zero attached hydrogens (tertiary/aromatic N) is 4. The largest absolute Gasteiger partial charge is 0.405 e. The number of rotatable bonds is 4. The van der Waals surface area contributed by atoms with Crippen molar-refractivity contribution < 1.29 is 18.0 Å². The summed E-state index contributed by atoms with van der Waals surface area (Å²) < 4.78 is 37.5. The van der Waals surface area contributed by atoms with Crippen LogP contribution in [0.3, 0.4) is 0 Å². The van der Waals surface area contributed by atoms with Crippen LogP contribution in [0.1, 0.15) is 19.3 Å². The van der Waals surface area contributed by atoms with E-state index in [2.05, 4.69) is 19.9 Å². The lowest BCUT2D eigenvalue weighted by molar-refractivity contribution is -0.139. The van der Waals surface area contributed by atoms with E-state index in [0.29, 0.717) is 40.8 Å². The van der Waals surface area contributed by atoms with Gasteiger partial charge in [0.15, 0.2) is 5.82 Å². The number of amides is 1. The summed E-state index contributed by atoms with van der Waals surface area (Å²) in [6, 6.07) is 2.68. The number of alkyl halides is 3. The number of nitrogens with one attached hydrogen (secondary N) is 2. The molecular weight excluding hydrogens is 421 g/mol. The Morgan fingerprint density at radius 1 is 1.33 bits per heavy atom. The summed E-state index contributed by atoms with van der Waals surface area (Å²) in [7, 11) is 0. The van der Waals surface area contributed by atoms with Crippen LogP contribution in [-0.4, -0.2) is 51.2 Å². The number of carbonyl (C=O) groups is 1. The first kappa shape index (κ1) is 20.4. The van der Waals surface area contributed by atoms with Gasteiger partial charge in [-0.3, -0.25) is 4.79 Å². The highest BCUT2D eigenvalue weighted by atomic mass is 35.5. The van der Waals surface area contributed by atoms with E-state index in [-0.39, 0.29) is 0 Å². The van der Waals surface area contributed by atoms with Crippen LogP contribution in [0.2, 0.25) is 5.02 Å². The van der Waals surface area contributed by atoms with E-state index in [9.17, 15) is 18.0 Å². The first-order valence-electron chi connectivity index (χ1n) is 9.39. The molecule has 0 saturated carbocycles. The molecule has 0 aromatic carbocycles. The number of H-pyrrole nitrogens is 1. The van der Waals surface area contributed by atoms with Crippen LogP contribution >= 0.6 is 11.6 Å². The van der Waals surface area contributed by atoms with Crippen LogP contribution in [0.5, 0.6) is 0 Å². The van der Waals surface area contributed by atoms with Gasteiger partial charge in [0.1, 0.15) is 24.1 Å². The fourth-order valence-corrected chi connectivity index (χ4v) is 3.74. The van der Waals surface area contributed by atoms with E-state index >= 15 is 0 Å². The first-order chi connectivity index (χ1) is 14.3. The fraction of sp³-hybridized carbons (Fsp3) is 0.368. The van der Waals surface area contributed by atoms with E-state index in [0.717, 1.165) is 18.2 Å². The van der Waals surface area contributed by atoms with E-state index in [1.54, 1.807) is 29.4 Å². The molecule has 1 aliphatic rings. The number of hydrogen-bond donors (Lipinski definition) is 2. The average Bonchev–Trinajstić information content (AvgIpc) is 3.14. The molecule has 1 unspecified atom stereocenters. The Hall–Kier alpha value is -2.88. The van der Waals surface area contributed by atoms with Gasteiger partial charge in [-0.1, -0.05) is 11.6 Å². The Kier molecular flexibility index (Phi) is 5.50. The molecule has 30 heavy (non-hydrogen) atoms. The molecule has 1 saturated heterocycles. The van der Waals surface area contributed by atoms with Crippen molar-refractivity contribution in [1.29, 1.82) is 0 Å². The van der Waals surface area contributed by atoms with Gasteiger partial charge in [-0.05, 0) is 31.4 Å². The lowest BCUT2D eigenvalue weighted by atomic mass is 10.0. The maximum Gasteiger partial charge on any atom is 0.405 e. The molecule has 158 valence electrons. The highest BCUT2D eigenvalue weighted by Gasteiger charge is 2.33. The van der Waals surface area contributed by atoms with Crippen molar-refractivity contribution in [2.45, 2.75) is 31.5 Å². The Labute approximate surface area is 174 Å². The number of hydrogen-bond acceptors (Lipinski definition) is 5. The van der Waals surface area contributed by atoms with Crippen LogP contribution in [0.15, 0.2) is 30.7 Å². The maximum absolute atomic E-state index is 12.5. The molecule has 7 nitrogen and oxygen atoms in total. The van der Waals surface area contributed by atoms with Crippen LogP contribution < -0.4 is 10.2 Å². The summed E-state index contributed by atoms with van der Waals surface area (Å²) in [6.45, 7) is -0.837. The molecule has 3 aromatic rings. The number of carbonyl (C=O) groups excluding carboxylic acids is 1. The van der Waals surface area contributed by atoms with Crippen molar-refractivity contribution in [1.82, 2.24) is 25.3 Å². The van der Waals surface area contributed by atoms with E-state index < -0.39 is 24.7 Å². The van der Waals surface area contributed by atoms with Gasteiger partial charge in [0.2, 0.25) is 5.91 Å². The monoisotopic (exact) mass is 438 g/mol. The molecule has 1 aliphatic heterocycles. The maximum atomic E-state index is 12.5. The van der Waals surface area contributed by atoms with Gasteiger partial charge in [-0.2, -0.15) is 13.2 Å². The summed E-state index contributed by atoms with van der Waals surface area (Å²) >= 11 is 6.05. The lowest BCUT2D eigenvalue weighted by Crippen LogP contribution is -2.51. The Bertz CT molecular complexity index is 1070. The normalized spacial score (nSPS) is 17.3. The Morgan fingerprint density at radius 3 is 2.97 bits per heavy atom. The second-order valence-corrected chi connectivity index (χ2v) is 7.46. The summed E-state index contributed by atoms with van der Waals surface area (Å²) in [5.74, 6) is 0.231. The van der Waals surface area contributed by atoms with Crippen molar-refractivity contribution in [3.63, 3.8) is 0 Å². The Morgan fingerprint density at radius 2 is 2.17 bits per heavy atom. The molecule has 0 bridgehead atoms. The molecule has 0 aliphatic carbocycles. The zero-order valence-electron chi connectivity index (χ0n) is 15.7. The molecule has 0 spiro atoms. The van der Waals surface area contributed by atoms with Gasteiger partial charge in [-0.15, -0.1) is 0 Å². The summed E-state index contributed by atoms with van der Waals surface area (Å²) in [5.41, 5.74) is 1.32. The molecule has 4 rings (SSSR count). The van der Waals surface area contributed by atoms with Crippen LogP contribution in [0.4, 0.5) is 19.0 Å². The highest BCUT2D eigenvalue weighted by Crippen LogP contribution is 2.29. The molecule has 0 radical (unpaired) electrons. The second-order valence-electron chi connectivity index (χ2n) is 7.03. The minimum atomic E-state index is -4.46. The average molecular weight is 439 g/mol. The predicted octanol–water partition coefficient (Wildman–Crippen LogP) is 3.71. The SMILES string of the molecule is O=C(NCC(F)(F)F)C1CCCCN1c1ccnc(-c2c[nH]c3ncc(Cl)cc23)n1. The minimum Gasteiger partial charge on any atom is -0.345 e. The van der Waals surface area contributed by atoms with Crippen molar-refractivity contribution in [2.24, 2.45) is 0 Å². The third kappa shape index (κ3) is 4.33. The van der Waals surface area contributed by atoms with Crippen LogP contribution in [-0.2, 0) is 4.79 Å². The van der Waals surface area contributed by atoms with Crippen molar-refractivity contribution in [3.05, 3.63) is 35.7 Å². The number of aromatic nitrogens is 4. The van der Waals surface area contributed by atoms with Gasteiger partial charge in [0.05, 0.1) is 5.02 Å². The van der Waals surface area contributed by atoms with Crippen molar-refractivity contribution >= 4 is 34.4 Å². The van der Waals surface area contributed by atoms with Gasteiger partial charge in [-0.25, -0.2) is 15.0 Å². The third-order valence-electron chi connectivity index (χ3n) is 4.94. The standard InChI is InChI=1S/C19H18ClF3N6O/c20-11-7-12-13(9-26-16(12)25-8-11)17-24-5-4-15(28-17)29-6-2-1-3-14(29)18(30)27-10-19(21,22)23/h4-5,7-9,14H,1-3,6,10H2,(H,25,26)(H,27,30). The van der Waals surface area contributed by atoms with Crippen molar-refractivity contribution in [3.8, 4) is 11.4 Å². The number of piperidine rings is 1. The predicted molar refractivity (Wildman–Crippen MR) is 106 cm³/mol. The minimum absolute atomic E-state index is 0.405. The highest BCUT2D eigenvalue weighted by molar-refractivity contribution is 6.31. The van der Waals surface area contributed by atoms with Gasteiger partial charge in [0, 0.05) is 36.1 Å². The van der Waals surface area contributed by atoms with Crippen molar-refractivity contribution in [2.75, 3.05) is 18.0 Å². The van der Waals surface area contributed by atoms with Crippen LogP contribution in [0, 0.1) is 0 Å². The van der Waals surface area contributed by atoms with Gasteiger partial charge in [0.25, 0.3) is 0 Å². The van der Waals surface area contributed by atoms with Gasteiger partial charge >= 0.3 is 6.18 Å². The molecule has 1 fully saturated rings. The molecule has 2 N–H and O–H groups in total. The quantitative estimate of drug-likeness (QED) is 0.648. The first-order valence-corrected chi connectivity index (χ1v) is 9.77. The molecule has 1 atom stereocenters. The molecule has 11 heteroatoms. The summed E-state index contributed by atoms with van der Waals surface area (Å²) in [5, 5.41) is 3.21. The number of aromatic amines is 1. The Balaban J connectivity index is 1.63. The van der Waals surface area contributed by atoms with Gasteiger partial charge < -0.3 is 15.2 Å². The zero-order valence-corrected chi connectivity index (χ0v) is 16.5. The summed E-state index contributed by atoms with van der Waals surface area (Å²) in [6.07, 6.45) is 2.38. The van der Waals surface area contributed by atoms with E-state index in [1.807, 2.05) is 5.32 Å². The number of anilines is 1. The molecule has 4 heterocycles. The number of halogens is 4. The van der Waals surface area contributed by atoms with E-state index in [1.165, 1.54) is 6.20 Å². The summed E-state index contributed by atoms with van der Waals surface area (Å²) in [4.78, 5) is 30.3. The van der Waals surface area contributed by atoms with Crippen LogP contribution in [0.25, 0.3) is 22.4 Å². The second kappa shape index (κ2) is 8.10. The molecular formula is C19H18ClF3N6O. The lowest BCUT2D eigenvalue weighted by Gasteiger charge is -2.35. The number of fused-ring (bicyclic) bond motifs is 1. The zero-order chi connectivity index (χ0) is 21.3.